The highest BCUT2D eigenvalue weighted by molar-refractivity contribution is 5.93. The third-order valence-corrected chi connectivity index (χ3v) is 3.28. The lowest BCUT2D eigenvalue weighted by atomic mass is 9.98. The highest BCUT2D eigenvalue weighted by Gasteiger charge is 2.43. The van der Waals surface area contributed by atoms with Gasteiger partial charge in [0.15, 0.2) is 18.1 Å². The maximum Gasteiger partial charge on any atom is 0.361 e. The van der Waals surface area contributed by atoms with Gasteiger partial charge >= 0.3 is 5.97 Å². The Morgan fingerprint density at radius 1 is 1.52 bits per heavy atom. The molecule has 0 saturated heterocycles. The van der Waals surface area contributed by atoms with Crippen molar-refractivity contribution < 1.29 is 14.3 Å². The van der Waals surface area contributed by atoms with E-state index in [4.69, 9.17) is 15.7 Å². The third kappa shape index (κ3) is 3.45. The Morgan fingerprint density at radius 3 is 2.76 bits per heavy atom. The molecule has 110 valence electrons. The summed E-state index contributed by atoms with van der Waals surface area (Å²) in [5, 5.41) is 11.7. The van der Waals surface area contributed by atoms with Gasteiger partial charge in [-0.15, -0.1) is 0 Å². The Labute approximate surface area is 121 Å². The molecule has 2 rings (SSSR count). The van der Waals surface area contributed by atoms with E-state index in [2.05, 4.69) is 21.4 Å². The van der Waals surface area contributed by atoms with E-state index in [0.717, 1.165) is 12.8 Å². The van der Waals surface area contributed by atoms with Crippen LogP contribution in [0.15, 0.2) is 12.4 Å². The zero-order chi connectivity index (χ0) is 15.5. The van der Waals surface area contributed by atoms with Crippen molar-refractivity contribution in [2.45, 2.75) is 25.3 Å². The molecule has 1 amide bonds. The fraction of sp³-hybridized carbons (Fsp3) is 0.462. The number of aromatic nitrogens is 2. The first kappa shape index (κ1) is 14.7. The lowest BCUT2D eigenvalue weighted by Gasteiger charge is -2.22. The number of carbonyl (C=O) groups excluding carboxylic acids is 2. The summed E-state index contributed by atoms with van der Waals surface area (Å²) < 4.78 is 4.82. The van der Waals surface area contributed by atoms with Gasteiger partial charge in [-0.2, -0.15) is 5.26 Å². The van der Waals surface area contributed by atoms with Crippen LogP contribution in [0.2, 0.25) is 0 Å². The highest BCUT2D eigenvalue weighted by Crippen LogP contribution is 2.39. The van der Waals surface area contributed by atoms with Gasteiger partial charge < -0.3 is 15.8 Å². The first-order chi connectivity index (χ1) is 9.96. The molecule has 8 nitrogen and oxygen atoms in total. The summed E-state index contributed by atoms with van der Waals surface area (Å²) >= 11 is 0. The molecule has 3 N–H and O–H groups in total. The zero-order valence-electron chi connectivity index (χ0n) is 11.5. The number of hydrogen-bond acceptors (Lipinski definition) is 7. The first-order valence-electron chi connectivity index (χ1n) is 6.42. The van der Waals surface area contributed by atoms with E-state index in [9.17, 15) is 9.59 Å². The Bertz CT molecular complexity index is 608. The third-order valence-electron chi connectivity index (χ3n) is 3.28. The van der Waals surface area contributed by atoms with Crippen LogP contribution in [0.4, 0.5) is 5.82 Å². The number of nitrogens with two attached hydrogens (primary N) is 1. The van der Waals surface area contributed by atoms with E-state index in [-0.39, 0.29) is 17.4 Å². The van der Waals surface area contributed by atoms with E-state index in [0.29, 0.717) is 0 Å². The number of nitrogens with one attached hydrogen (secondary N) is 1. The van der Waals surface area contributed by atoms with Crippen molar-refractivity contribution in [3.8, 4) is 6.07 Å². The smallest absolute Gasteiger partial charge is 0.361 e. The molecule has 0 aliphatic heterocycles. The maximum absolute atomic E-state index is 11.8. The SMILES string of the molecule is C[C@](C#N)(NC(=O)COC(=O)c1nccnc1N)C1CC1. The molecule has 1 aliphatic rings. The number of esters is 1. The quantitative estimate of drug-likeness (QED) is 0.730. The van der Waals surface area contributed by atoms with Gasteiger partial charge in [0.1, 0.15) is 5.54 Å². The van der Waals surface area contributed by atoms with E-state index >= 15 is 0 Å². The average Bonchev–Trinajstić information content (AvgIpc) is 3.30. The minimum Gasteiger partial charge on any atom is -0.451 e. The Balaban J connectivity index is 1.88. The second-order valence-corrected chi connectivity index (χ2v) is 5.00. The minimum absolute atomic E-state index is 0.0669. The van der Waals surface area contributed by atoms with Crippen LogP contribution in [0.3, 0.4) is 0 Å². The molecule has 1 heterocycles. The summed E-state index contributed by atoms with van der Waals surface area (Å²) in [5.41, 5.74) is 4.42. The van der Waals surface area contributed by atoms with Crippen molar-refractivity contribution >= 4 is 17.7 Å². The number of ether oxygens (including phenoxy) is 1. The molecule has 0 spiro atoms. The number of rotatable bonds is 5. The topological polar surface area (TPSA) is 131 Å². The molecule has 1 fully saturated rings. The predicted octanol–water partition coefficient (Wildman–Crippen LogP) is 0.0241. The van der Waals surface area contributed by atoms with Gasteiger partial charge in [0.25, 0.3) is 5.91 Å². The van der Waals surface area contributed by atoms with Crippen molar-refractivity contribution in [1.82, 2.24) is 15.3 Å². The number of carbonyl (C=O) groups is 2. The zero-order valence-corrected chi connectivity index (χ0v) is 11.5. The van der Waals surface area contributed by atoms with Crippen molar-refractivity contribution in [2.24, 2.45) is 5.92 Å². The summed E-state index contributed by atoms with van der Waals surface area (Å²) in [6.45, 7) is 1.16. The Kier molecular flexibility index (Phi) is 4.03. The number of amides is 1. The lowest BCUT2D eigenvalue weighted by molar-refractivity contribution is -0.125. The van der Waals surface area contributed by atoms with Gasteiger partial charge in [0.2, 0.25) is 0 Å². The monoisotopic (exact) mass is 289 g/mol. The molecule has 1 atom stereocenters. The summed E-state index contributed by atoms with van der Waals surface area (Å²) in [4.78, 5) is 30.9. The molecular formula is C13H15N5O3. The van der Waals surface area contributed by atoms with Crippen LogP contribution < -0.4 is 11.1 Å². The summed E-state index contributed by atoms with van der Waals surface area (Å²) in [6, 6.07) is 2.08. The molecule has 1 aromatic heterocycles. The minimum atomic E-state index is -0.922. The van der Waals surface area contributed by atoms with Gasteiger partial charge in [-0.3, -0.25) is 4.79 Å². The molecule has 0 unspecified atom stereocenters. The van der Waals surface area contributed by atoms with Gasteiger partial charge in [0.05, 0.1) is 6.07 Å². The number of nitrogens with zero attached hydrogens (tertiary/aromatic N) is 3. The Morgan fingerprint density at radius 2 is 2.19 bits per heavy atom. The maximum atomic E-state index is 11.8. The van der Waals surface area contributed by atoms with Crippen LogP contribution in [-0.4, -0.2) is 34.0 Å². The van der Waals surface area contributed by atoms with Crippen LogP contribution >= 0.6 is 0 Å². The molecule has 8 heteroatoms. The normalized spacial score (nSPS) is 16.4. The van der Waals surface area contributed by atoms with Gasteiger partial charge in [0, 0.05) is 12.4 Å². The number of hydrogen-bond donors (Lipinski definition) is 2. The van der Waals surface area contributed by atoms with E-state index < -0.39 is 24.0 Å². The van der Waals surface area contributed by atoms with Gasteiger partial charge in [-0.25, -0.2) is 14.8 Å². The predicted molar refractivity (Wildman–Crippen MR) is 71.6 cm³/mol. The standard InChI is InChI=1S/C13H15N5O3/c1-13(7-14,8-2-3-8)18-9(19)6-21-12(20)10-11(15)17-5-4-16-10/h4-5,8H,2-3,6H2,1H3,(H2,15,17)(H,18,19)/t13-/m1/s1. The molecule has 1 aliphatic carbocycles. The fourth-order valence-corrected chi connectivity index (χ4v) is 1.91. The van der Waals surface area contributed by atoms with Crippen molar-refractivity contribution in [3.63, 3.8) is 0 Å². The average molecular weight is 289 g/mol. The number of nitriles is 1. The van der Waals surface area contributed by atoms with Crippen molar-refractivity contribution in [1.29, 1.82) is 5.26 Å². The van der Waals surface area contributed by atoms with Crippen LogP contribution in [0.25, 0.3) is 0 Å². The Hall–Kier alpha value is -2.69. The highest BCUT2D eigenvalue weighted by atomic mass is 16.5. The second kappa shape index (κ2) is 5.75. The molecule has 1 aromatic rings. The second-order valence-electron chi connectivity index (χ2n) is 5.00. The first-order valence-corrected chi connectivity index (χ1v) is 6.42. The lowest BCUT2D eigenvalue weighted by Crippen LogP contribution is -2.48. The summed E-state index contributed by atoms with van der Waals surface area (Å²) in [7, 11) is 0. The molecule has 0 bridgehead atoms. The summed E-state index contributed by atoms with van der Waals surface area (Å²) in [6.07, 6.45) is 4.44. The largest absolute Gasteiger partial charge is 0.451 e. The van der Waals surface area contributed by atoms with Gasteiger partial charge in [-0.05, 0) is 25.7 Å². The fourth-order valence-electron chi connectivity index (χ4n) is 1.91. The van der Waals surface area contributed by atoms with Crippen LogP contribution in [0.1, 0.15) is 30.3 Å². The number of nitrogen functional groups attached to an aromatic ring is 1. The van der Waals surface area contributed by atoms with Crippen molar-refractivity contribution in [3.05, 3.63) is 18.1 Å². The van der Waals surface area contributed by atoms with E-state index in [1.54, 1.807) is 6.92 Å². The molecule has 21 heavy (non-hydrogen) atoms. The van der Waals surface area contributed by atoms with Crippen molar-refractivity contribution in [2.75, 3.05) is 12.3 Å². The van der Waals surface area contributed by atoms with Crippen LogP contribution in [0.5, 0.6) is 0 Å². The summed E-state index contributed by atoms with van der Waals surface area (Å²) in [5.74, 6) is -1.29. The van der Waals surface area contributed by atoms with Crippen LogP contribution in [-0.2, 0) is 9.53 Å². The number of anilines is 1. The van der Waals surface area contributed by atoms with Crippen LogP contribution in [0, 0.1) is 17.2 Å². The van der Waals surface area contributed by atoms with Gasteiger partial charge in [-0.1, -0.05) is 0 Å². The van der Waals surface area contributed by atoms with E-state index in [1.807, 2.05) is 0 Å². The molecule has 0 aromatic carbocycles. The molecular weight excluding hydrogens is 274 g/mol. The molecule has 0 radical (unpaired) electrons. The molecule has 1 saturated carbocycles. The van der Waals surface area contributed by atoms with E-state index in [1.165, 1.54) is 12.4 Å².